The summed E-state index contributed by atoms with van der Waals surface area (Å²) in [4.78, 5) is 9.37. The fourth-order valence-corrected chi connectivity index (χ4v) is 9.10. The van der Waals surface area contributed by atoms with E-state index < -0.39 is 8.07 Å². The number of hydrogen-bond donors (Lipinski definition) is 0. The van der Waals surface area contributed by atoms with Crippen molar-refractivity contribution in [2.75, 3.05) is 0 Å². The number of benzene rings is 4. The molecule has 3 heterocycles. The van der Waals surface area contributed by atoms with Crippen molar-refractivity contribution in [3.05, 3.63) is 139 Å². The van der Waals surface area contributed by atoms with Crippen LogP contribution < -0.4 is 5.19 Å². The van der Waals surface area contributed by atoms with E-state index in [0.717, 1.165) is 63.2 Å². The molecule has 0 bridgehead atoms. The summed E-state index contributed by atoms with van der Waals surface area (Å²) in [6.45, 7) is 11.7. The van der Waals surface area contributed by atoms with E-state index in [1.54, 1.807) is 0 Å². The standard InChI is InChI=1S/C29H24NO.C18H24NSi.Ir/c1-2-9-22(10-3-1)23-13-14-28-26(19-23)24-11-6-12-25(29(24)31-28)27-18-21(15-16-30-27)17-20-7-4-5-8-20;1-14(2)11-16-12-17(15-9-7-6-8-10-15)19-13-18(16)20(3,4)5;/h1-3,6,9-11,13-16,18-20H,4-5,7-8,17H2;6-9,12-14H,11H2,1-5H3;/q2*-1;. The summed E-state index contributed by atoms with van der Waals surface area (Å²) in [7, 11) is -1.34. The van der Waals surface area contributed by atoms with Crippen LogP contribution in [-0.2, 0) is 32.9 Å². The molecular weight excluding hydrogens is 829 g/mol. The van der Waals surface area contributed by atoms with Crippen LogP contribution in [0.4, 0.5) is 0 Å². The third-order valence-corrected chi connectivity index (χ3v) is 12.1. The molecule has 0 saturated heterocycles. The van der Waals surface area contributed by atoms with Gasteiger partial charge in [0.1, 0.15) is 5.58 Å². The zero-order valence-electron chi connectivity index (χ0n) is 31.0. The molecule has 7 aromatic rings. The Kier molecular flexibility index (Phi) is 12.1. The Morgan fingerprint density at radius 3 is 2.29 bits per heavy atom. The Labute approximate surface area is 324 Å². The van der Waals surface area contributed by atoms with Gasteiger partial charge in [0.05, 0.1) is 13.7 Å². The van der Waals surface area contributed by atoms with Gasteiger partial charge in [0.15, 0.2) is 0 Å². The van der Waals surface area contributed by atoms with Gasteiger partial charge < -0.3 is 14.4 Å². The summed E-state index contributed by atoms with van der Waals surface area (Å²) in [5, 5.41) is 3.74. The minimum atomic E-state index is -1.34. The van der Waals surface area contributed by atoms with Crippen LogP contribution in [0.3, 0.4) is 0 Å². The third-order valence-electron chi connectivity index (χ3n) is 10.0. The van der Waals surface area contributed by atoms with Crippen molar-refractivity contribution in [2.24, 2.45) is 11.8 Å². The number of fused-ring (bicyclic) bond motifs is 3. The van der Waals surface area contributed by atoms with Gasteiger partial charge in [0.2, 0.25) is 0 Å². The smallest absolute Gasteiger partial charge is 0.120 e. The Morgan fingerprint density at radius 2 is 1.56 bits per heavy atom. The normalized spacial score (nSPS) is 13.3. The van der Waals surface area contributed by atoms with Crippen molar-refractivity contribution >= 4 is 35.2 Å². The first kappa shape index (κ1) is 37.6. The number of aromatic nitrogens is 2. The molecule has 0 N–H and O–H groups in total. The Hall–Kier alpha value is -4.15. The molecule has 0 unspecified atom stereocenters. The van der Waals surface area contributed by atoms with Crippen LogP contribution in [-0.4, -0.2) is 18.0 Å². The number of nitrogens with zero attached hydrogens (tertiary/aromatic N) is 2. The second-order valence-corrected chi connectivity index (χ2v) is 20.6. The average molecular weight is 877 g/mol. The fourth-order valence-electron chi connectivity index (χ4n) is 7.51. The van der Waals surface area contributed by atoms with Gasteiger partial charge in [-0.25, -0.2) is 0 Å². The van der Waals surface area contributed by atoms with Gasteiger partial charge in [-0.2, -0.15) is 0 Å². The number of pyridine rings is 2. The van der Waals surface area contributed by atoms with Crippen molar-refractivity contribution in [3.63, 3.8) is 0 Å². The maximum atomic E-state index is 6.33. The van der Waals surface area contributed by atoms with Crippen LogP contribution in [0.15, 0.2) is 120 Å². The van der Waals surface area contributed by atoms with Gasteiger partial charge in [-0.05, 0) is 70.6 Å². The van der Waals surface area contributed by atoms with Crippen LogP contribution in [0.5, 0.6) is 0 Å². The Bertz CT molecular complexity index is 2230. The van der Waals surface area contributed by atoms with Crippen LogP contribution in [0, 0.1) is 24.0 Å². The molecule has 4 aromatic carbocycles. The fraction of sp³-hybridized carbons (Fsp3) is 0.277. The van der Waals surface area contributed by atoms with E-state index >= 15 is 0 Å². The molecule has 0 aliphatic heterocycles. The molecule has 52 heavy (non-hydrogen) atoms. The summed E-state index contributed by atoms with van der Waals surface area (Å²) >= 11 is 0. The largest absolute Gasteiger partial charge is 0.501 e. The maximum absolute atomic E-state index is 6.33. The predicted octanol–water partition coefficient (Wildman–Crippen LogP) is 12.1. The quantitative estimate of drug-likeness (QED) is 0.113. The van der Waals surface area contributed by atoms with Gasteiger partial charge in [0, 0.05) is 37.9 Å². The molecule has 1 aliphatic carbocycles. The summed E-state index contributed by atoms with van der Waals surface area (Å²) in [5.74, 6) is 1.48. The summed E-state index contributed by atoms with van der Waals surface area (Å²) < 4.78 is 6.33. The zero-order valence-corrected chi connectivity index (χ0v) is 34.4. The molecule has 8 rings (SSSR count). The monoisotopic (exact) mass is 877 g/mol. The van der Waals surface area contributed by atoms with Gasteiger partial charge in [-0.1, -0.05) is 130 Å². The van der Waals surface area contributed by atoms with Crippen molar-refractivity contribution in [2.45, 2.75) is 72.0 Å². The number of rotatable bonds is 8. The molecule has 3 aromatic heterocycles. The van der Waals surface area contributed by atoms with Crippen LogP contribution >= 0.6 is 0 Å². The van der Waals surface area contributed by atoms with E-state index in [2.05, 4.69) is 135 Å². The van der Waals surface area contributed by atoms with E-state index in [1.165, 1.54) is 53.1 Å². The molecule has 0 atom stereocenters. The van der Waals surface area contributed by atoms with Crippen molar-refractivity contribution in [3.8, 4) is 33.6 Å². The molecule has 0 amide bonds. The topological polar surface area (TPSA) is 38.9 Å². The number of hydrogen-bond acceptors (Lipinski definition) is 3. The third kappa shape index (κ3) is 8.72. The SMILES string of the molecule is CC(C)Cc1cc(-c2[c-]cccc2)ncc1[Si](C)(C)C.[Ir].[c-]1ccc2c(oc3ccc(-c4ccccc4)cc32)c1-c1cc(CC2CCCC2)ccn1. The molecule has 0 spiro atoms. The van der Waals surface area contributed by atoms with E-state index in [0.29, 0.717) is 5.92 Å². The molecule has 1 aliphatic rings. The first-order chi connectivity index (χ1) is 24.7. The molecule has 1 fully saturated rings. The number of furan rings is 1. The summed E-state index contributed by atoms with van der Waals surface area (Å²) in [5.41, 5.74) is 11.0. The zero-order chi connectivity index (χ0) is 35.4. The van der Waals surface area contributed by atoms with Crippen LogP contribution in [0.25, 0.3) is 55.6 Å². The Morgan fingerprint density at radius 1 is 0.769 bits per heavy atom. The van der Waals surface area contributed by atoms with E-state index in [4.69, 9.17) is 4.42 Å². The second kappa shape index (κ2) is 16.7. The van der Waals surface area contributed by atoms with Gasteiger partial charge in [-0.3, -0.25) is 0 Å². The van der Waals surface area contributed by atoms with E-state index in [-0.39, 0.29) is 20.1 Å². The molecule has 1 radical (unpaired) electrons. The Balaban J connectivity index is 0.000000193. The summed E-state index contributed by atoms with van der Waals surface area (Å²) in [6.07, 6.45) is 11.8. The molecule has 267 valence electrons. The van der Waals surface area contributed by atoms with Gasteiger partial charge >= 0.3 is 0 Å². The molecule has 3 nitrogen and oxygen atoms in total. The first-order valence-electron chi connectivity index (χ1n) is 18.6. The van der Waals surface area contributed by atoms with Crippen LogP contribution in [0.1, 0.15) is 50.7 Å². The molecule has 5 heteroatoms. The van der Waals surface area contributed by atoms with Crippen LogP contribution in [0.2, 0.25) is 19.6 Å². The predicted molar refractivity (Wildman–Crippen MR) is 217 cm³/mol. The minimum absolute atomic E-state index is 0. The molecular formula is C47H48IrN2OSi-2. The maximum Gasteiger partial charge on any atom is 0.120 e. The minimum Gasteiger partial charge on any atom is -0.501 e. The van der Waals surface area contributed by atoms with E-state index in [9.17, 15) is 0 Å². The van der Waals surface area contributed by atoms with E-state index in [1.807, 2.05) is 36.5 Å². The van der Waals surface area contributed by atoms with Gasteiger partial charge in [0.25, 0.3) is 0 Å². The summed E-state index contributed by atoms with van der Waals surface area (Å²) in [6, 6.07) is 42.4. The van der Waals surface area contributed by atoms with Gasteiger partial charge in [-0.15, -0.1) is 54.1 Å². The van der Waals surface area contributed by atoms with Crippen molar-refractivity contribution in [1.82, 2.24) is 9.97 Å². The van der Waals surface area contributed by atoms with Crippen molar-refractivity contribution < 1.29 is 24.5 Å². The first-order valence-corrected chi connectivity index (χ1v) is 22.1. The second-order valence-electron chi connectivity index (χ2n) is 15.5. The van der Waals surface area contributed by atoms with Crippen molar-refractivity contribution in [1.29, 1.82) is 0 Å². The average Bonchev–Trinajstić information content (AvgIpc) is 3.79. The molecule has 1 saturated carbocycles.